The van der Waals surface area contributed by atoms with Crippen molar-refractivity contribution in [1.82, 2.24) is 5.32 Å². The third-order valence-corrected chi connectivity index (χ3v) is 2.36. The fourth-order valence-electron chi connectivity index (χ4n) is 1.51. The monoisotopic (exact) mass is 249 g/mol. The van der Waals surface area contributed by atoms with E-state index < -0.39 is 6.10 Å². The molecule has 0 amide bonds. The molecule has 0 spiro atoms. The Morgan fingerprint density at radius 1 is 1.24 bits per heavy atom. The smallest absolute Gasteiger partial charge is 0.0897 e. The predicted molar refractivity (Wildman–Crippen MR) is 67.0 cm³/mol. The molecule has 2 atom stereocenters. The third-order valence-electron chi connectivity index (χ3n) is 2.36. The molecule has 0 aliphatic rings. The molecule has 0 aromatic carbocycles. The van der Waals surface area contributed by atoms with Crippen molar-refractivity contribution in [2.45, 2.75) is 32.4 Å². The second kappa shape index (κ2) is 10.9. The maximum absolute atomic E-state index is 9.62. The standard InChI is InChI=1S/C12H27NO4/c1-10(2)6-11(8-14)13-7-12(15)9-17-5-4-16-3/h10-15H,4-9H2,1-3H3. The lowest BCUT2D eigenvalue weighted by atomic mass is 10.0. The van der Waals surface area contributed by atoms with Gasteiger partial charge in [0.15, 0.2) is 0 Å². The Labute approximate surface area is 104 Å². The zero-order valence-electron chi connectivity index (χ0n) is 11.2. The van der Waals surface area contributed by atoms with E-state index in [1.54, 1.807) is 7.11 Å². The van der Waals surface area contributed by atoms with Gasteiger partial charge in [0.25, 0.3) is 0 Å². The topological polar surface area (TPSA) is 71.0 Å². The maximum Gasteiger partial charge on any atom is 0.0897 e. The zero-order valence-corrected chi connectivity index (χ0v) is 11.2. The summed E-state index contributed by atoms with van der Waals surface area (Å²) >= 11 is 0. The number of hydrogen-bond acceptors (Lipinski definition) is 5. The van der Waals surface area contributed by atoms with Crippen molar-refractivity contribution >= 4 is 0 Å². The minimum atomic E-state index is -0.548. The molecule has 5 heteroatoms. The summed E-state index contributed by atoms with van der Waals surface area (Å²) in [5.41, 5.74) is 0. The van der Waals surface area contributed by atoms with Gasteiger partial charge < -0.3 is 25.0 Å². The lowest BCUT2D eigenvalue weighted by Gasteiger charge is -2.20. The van der Waals surface area contributed by atoms with E-state index in [4.69, 9.17) is 14.6 Å². The van der Waals surface area contributed by atoms with Crippen molar-refractivity contribution in [3.8, 4) is 0 Å². The van der Waals surface area contributed by atoms with E-state index >= 15 is 0 Å². The van der Waals surface area contributed by atoms with Crippen LogP contribution in [-0.4, -0.2) is 62.4 Å². The molecule has 0 saturated heterocycles. The van der Waals surface area contributed by atoms with E-state index in [9.17, 15) is 5.11 Å². The summed E-state index contributed by atoms with van der Waals surface area (Å²) in [6, 6.07) is 0.0450. The molecular formula is C12H27NO4. The lowest BCUT2D eigenvalue weighted by molar-refractivity contribution is 0.0119. The summed E-state index contributed by atoms with van der Waals surface area (Å²) < 4.78 is 10.0. The Balaban J connectivity index is 3.55. The van der Waals surface area contributed by atoms with Crippen LogP contribution in [0.1, 0.15) is 20.3 Å². The first-order valence-electron chi connectivity index (χ1n) is 6.19. The Kier molecular flexibility index (Phi) is 10.8. The summed E-state index contributed by atoms with van der Waals surface area (Å²) in [5, 5.41) is 21.9. The summed E-state index contributed by atoms with van der Waals surface area (Å²) in [6.07, 6.45) is 0.348. The molecule has 0 aliphatic carbocycles. The van der Waals surface area contributed by atoms with Gasteiger partial charge in [-0.05, 0) is 12.3 Å². The maximum atomic E-state index is 9.62. The van der Waals surface area contributed by atoms with Crippen LogP contribution < -0.4 is 5.32 Å². The number of nitrogens with one attached hydrogen (secondary N) is 1. The van der Waals surface area contributed by atoms with E-state index in [1.807, 2.05) is 0 Å². The molecular weight excluding hydrogens is 222 g/mol. The van der Waals surface area contributed by atoms with E-state index in [1.165, 1.54) is 0 Å². The molecule has 0 saturated carbocycles. The highest BCUT2D eigenvalue weighted by Crippen LogP contribution is 2.03. The van der Waals surface area contributed by atoms with Crippen molar-refractivity contribution in [1.29, 1.82) is 0 Å². The fraction of sp³-hybridized carbons (Fsp3) is 1.00. The van der Waals surface area contributed by atoms with Crippen LogP contribution in [0.3, 0.4) is 0 Å². The summed E-state index contributed by atoms with van der Waals surface area (Å²) in [4.78, 5) is 0. The highest BCUT2D eigenvalue weighted by Gasteiger charge is 2.11. The van der Waals surface area contributed by atoms with Crippen LogP contribution in [-0.2, 0) is 9.47 Å². The normalized spacial score (nSPS) is 15.2. The van der Waals surface area contributed by atoms with Crippen molar-refractivity contribution in [3.05, 3.63) is 0 Å². The zero-order chi connectivity index (χ0) is 13.1. The van der Waals surface area contributed by atoms with Gasteiger partial charge in [-0.15, -0.1) is 0 Å². The van der Waals surface area contributed by atoms with Gasteiger partial charge in [0.1, 0.15) is 0 Å². The Hall–Kier alpha value is -0.200. The van der Waals surface area contributed by atoms with Crippen molar-refractivity contribution in [2.75, 3.05) is 40.1 Å². The Morgan fingerprint density at radius 2 is 1.94 bits per heavy atom. The third kappa shape index (κ3) is 10.7. The SMILES string of the molecule is COCCOCC(O)CNC(CO)CC(C)C. The van der Waals surface area contributed by atoms with Crippen LogP contribution >= 0.6 is 0 Å². The number of aliphatic hydroxyl groups excluding tert-OH is 2. The van der Waals surface area contributed by atoms with Crippen molar-refractivity contribution < 1.29 is 19.7 Å². The molecule has 0 aliphatic heterocycles. The summed E-state index contributed by atoms with van der Waals surface area (Å²) in [5.74, 6) is 0.523. The van der Waals surface area contributed by atoms with Crippen LogP contribution in [0.5, 0.6) is 0 Å². The van der Waals surface area contributed by atoms with Gasteiger partial charge in [-0.3, -0.25) is 0 Å². The van der Waals surface area contributed by atoms with Crippen LogP contribution in [0.4, 0.5) is 0 Å². The molecule has 0 rings (SSSR count). The second-order valence-electron chi connectivity index (χ2n) is 4.64. The number of methoxy groups -OCH3 is 1. The predicted octanol–water partition coefficient (Wildman–Crippen LogP) is 0.00690. The first-order chi connectivity index (χ1) is 8.10. The van der Waals surface area contributed by atoms with Crippen molar-refractivity contribution in [2.24, 2.45) is 5.92 Å². The number of ether oxygens (including phenoxy) is 2. The first-order valence-corrected chi connectivity index (χ1v) is 6.19. The molecule has 0 radical (unpaired) electrons. The molecule has 5 nitrogen and oxygen atoms in total. The Bertz CT molecular complexity index is 167. The molecule has 104 valence electrons. The minimum Gasteiger partial charge on any atom is -0.395 e. The number of aliphatic hydroxyl groups is 2. The largest absolute Gasteiger partial charge is 0.395 e. The van der Waals surface area contributed by atoms with Crippen LogP contribution in [0.2, 0.25) is 0 Å². The molecule has 17 heavy (non-hydrogen) atoms. The Morgan fingerprint density at radius 3 is 2.47 bits per heavy atom. The molecule has 0 bridgehead atoms. The van der Waals surface area contributed by atoms with Gasteiger partial charge in [-0.1, -0.05) is 13.8 Å². The van der Waals surface area contributed by atoms with Gasteiger partial charge in [-0.25, -0.2) is 0 Å². The second-order valence-corrected chi connectivity index (χ2v) is 4.64. The molecule has 0 aromatic rings. The van der Waals surface area contributed by atoms with E-state index in [0.29, 0.717) is 25.7 Å². The van der Waals surface area contributed by atoms with E-state index in [0.717, 1.165) is 6.42 Å². The summed E-state index contributed by atoms with van der Waals surface area (Å²) in [7, 11) is 1.61. The molecule has 0 heterocycles. The van der Waals surface area contributed by atoms with Crippen LogP contribution in [0, 0.1) is 5.92 Å². The summed E-state index contributed by atoms with van der Waals surface area (Å²) in [6.45, 7) is 6.05. The number of rotatable bonds is 11. The number of hydrogen-bond donors (Lipinski definition) is 3. The van der Waals surface area contributed by atoms with E-state index in [2.05, 4.69) is 19.2 Å². The fourth-order valence-corrected chi connectivity index (χ4v) is 1.51. The van der Waals surface area contributed by atoms with Gasteiger partial charge >= 0.3 is 0 Å². The lowest BCUT2D eigenvalue weighted by Crippen LogP contribution is -2.40. The molecule has 2 unspecified atom stereocenters. The van der Waals surface area contributed by atoms with Crippen LogP contribution in [0.25, 0.3) is 0 Å². The van der Waals surface area contributed by atoms with Crippen molar-refractivity contribution in [3.63, 3.8) is 0 Å². The van der Waals surface area contributed by atoms with Crippen LogP contribution in [0.15, 0.2) is 0 Å². The van der Waals surface area contributed by atoms with Gasteiger partial charge in [0.05, 0.1) is 32.5 Å². The molecule has 0 aromatic heterocycles. The average molecular weight is 249 g/mol. The van der Waals surface area contributed by atoms with E-state index in [-0.39, 0.29) is 19.3 Å². The van der Waals surface area contributed by atoms with Gasteiger partial charge in [0, 0.05) is 19.7 Å². The highest BCUT2D eigenvalue weighted by atomic mass is 16.5. The molecule has 3 N–H and O–H groups in total. The van der Waals surface area contributed by atoms with Gasteiger partial charge in [-0.2, -0.15) is 0 Å². The quantitative estimate of drug-likeness (QED) is 0.450. The minimum absolute atomic E-state index is 0.0450. The first kappa shape index (κ1) is 16.8. The van der Waals surface area contributed by atoms with Gasteiger partial charge in [0.2, 0.25) is 0 Å². The molecule has 0 fully saturated rings. The highest BCUT2D eigenvalue weighted by molar-refractivity contribution is 4.69. The average Bonchev–Trinajstić information content (AvgIpc) is 2.29.